The minimum absolute atomic E-state index is 0.442. The van der Waals surface area contributed by atoms with E-state index in [0.717, 1.165) is 5.69 Å². The topological polar surface area (TPSA) is 40.5 Å². The summed E-state index contributed by atoms with van der Waals surface area (Å²) in [5.74, 6) is -0.751. The van der Waals surface area contributed by atoms with Crippen LogP contribution in [0.4, 0.5) is 5.69 Å². The SMILES string of the molecule is CCC(C(=O)O)N(CC)c1ccc([Si](C)(C)C)cc1. The van der Waals surface area contributed by atoms with E-state index in [2.05, 4.69) is 43.9 Å². The zero-order valence-corrected chi connectivity index (χ0v) is 13.6. The highest BCUT2D eigenvalue weighted by molar-refractivity contribution is 6.88. The molecule has 1 N–H and O–H groups in total. The summed E-state index contributed by atoms with van der Waals surface area (Å²) in [7, 11) is -1.29. The Kier molecular flexibility index (Phi) is 5.17. The average molecular weight is 279 g/mol. The normalized spacial score (nSPS) is 13.1. The molecule has 4 heteroatoms. The summed E-state index contributed by atoms with van der Waals surface area (Å²) in [6.07, 6.45) is 0.610. The number of likely N-dealkylation sites (N-methyl/N-ethyl adjacent to an activating group) is 1. The second kappa shape index (κ2) is 6.24. The Labute approximate surface area is 117 Å². The van der Waals surface area contributed by atoms with E-state index >= 15 is 0 Å². The van der Waals surface area contributed by atoms with E-state index in [9.17, 15) is 9.90 Å². The first-order valence-corrected chi connectivity index (χ1v) is 10.4. The second-order valence-corrected chi connectivity index (χ2v) is 10.9. The van der Waals surface area contributed by atoms with Crippen molar-refractivity contribution in [3.05, 3.63) is 24.3 Å². The maximum atomic E-state index is 11.3. The van der Waals surface area contributed by atoms with Gasteiger partial charge in [-0.3, -0.25) is 0 Å². The first kappa shape index (κ1) is 15.8. The molecule has 0 aliphatic rings. The molecule has 106 valence electrons. The number of benzene rings is 1. The van der Waals surface area contributed by atoms with Gasteiger partial charge in [0.25, 0.3) is 0 Å². The van der Waals surface area contributed by atoms with Crippen molar-refractivity contribution in [2.75, 3.05) is 11.4 Å². The molecule has 1 aromatic carbocycles. The molecule has 0 amide bonds. The molecule has 0 aromatic heterocycles. The number of hydrogen-bond donors (Lipinski definition) is 1. The van der Waals surface area contributed by atoms with Crippen LogP contribution in [0.25, 0.3) is 0 Å². The van der Waals surface area contributed by atoms with Gasteiger partial charge >= 0.3 is 5.97 Å². The lowest BCUT2D eigenvalue weighted by Gasteiger charge is -2.29. The lowest BCUT2D eigenvalue weighted by atomic mass is 10.1. The van der Waals surface area contributed by atoms with Crippen LogP contribution in [0.1, 0.15) is 20.3 Å². The first-order valence-electron chi connectivity index (χ1n) is 6.91. The molecule has 19 heavy (non-hydrogen) atoms. The molecule has 1 rings (SSSR count). The predicted octanol–water partition coefficient (Wildman–Crippen LogP) is 2.92. The Morgan fingerprint density at radius 2 is 1.74 bits per heavy atom. The summed E-state index contributed by atoms with van der Waals surface area (Å²) < 4.78 is 0. The fraction of sp³-hybridized carbons (Fsp3) is 0.533. The van der Waals surface area contributed by atoms with Gasteiger partial charge in [-0.15, -0.1) is 0 Å². The summed E-state index contributed by atoms with van der Waals surface area (Å²) >= 11 is 0. The molecular weight excluding hydrogens is 254 g/mol. The van der Waals surface area contributed by atoms with Crippen molar-refractivity contribution < 1.29 is 9.90 Å². The maximum Gasteiger partial charge on any atom is 0.326 e. The molecule has 1 aromatic rings. The third kappa shape index (κ3) is 3.83. The van der Waals surface area contributed by atoms with E-state index in [0.29, 0.717) is 13.0 Å². The zero-order valence-electron chi connectivity index (χ0n) is 12.6. The van der Waals surface area contributed by atoms with Gasteiger partial charge in [0.1, 0.15) is 6.04 Å². The molecule has 0 bridgehead atoms. The van der Waals surface area contributed by atoms with Gasteiger partial charge in [-0.05, 0) is 25.5 Å². The van der Waals surface area contributed by atoms with E-state index < -0.39 is 20.1 Å². The Balaban J connectivity index is 3.03. The van der Waals surface area contributed by atoms with Gasteiger partial charge in [0.15, 0.2) is 0 Å². The van der Waals surface area contributed by atoms with Gasteiger partial charge in [-0.25, -0.2) is 4.79 Å². The highest BCUT2D eigenvalue weighted by Crippen LogP contribution is 2.18. The van der Waals surface area contributed by atoms with E-state index in [1.807, 2.05) is 18.7 Å². The number of nitrogens with zero attached hydrogens (tertiary/aromatic N) is 1. The molecular formula is C15H25NO2Si. The summed E-state index contributed by atoms with van der Waals surface area (Å²) in [5, 5.41) is 10.7. The van der Waals surface area contributed by atoms with Gasteiger partial charge in [-0.1, -0.05) is 43.9 Å². The van der Waals surface area contributed by atoms with Gasteiger partial charge in [-0.2, -0.15) is 0 Å². The van der Waals surface area contributed by atoms with E-state index in [1.165, 1.54) is 5.19 Å². The van der Waals surface area contributed by atoms with E-state index in [4.69, 9.17) is 0 Å². The average Bonchev–Trinajstić information content (AvgIpc) is 2.34. The Hall–Kier alpha value is -1.29. The fourth-order valence-corrected chi connectivity index (χ4v) is 3.43. The minimum atomic E-state index is -1.29. The Morgan fingerprint density at radius 1 is 1.21 bits per heavy atom. The van der Waals surface area contributed by atoms with E-state index in [-0.39, 0.29) is 0 Å². The minimum Gasteiger partial charge on any atom is -0.480 e. The lowest BCUT2D eigenvalue weighted by molar-refractivity contribution is -0.138. The number of hydrogen-bond acceptors (Lipinski definition) is 2. The number of carbonyl (C=O) groups is 1. The number of aliphatic carboxylic acids is 1. The van der Waals surface area contributed by atoms with Crippen LogP contribution in [0.3, 0.4) is 0 Å². The van der Waals surface area contributed by atoms with Crippen molar-refractivity contribution in [1.82, 2.24) is 0 Å². The van der Waals surface area contributed by atoms with Crippen LogP contribution in [0.2, 0.25) is 19.6 Å². The van der Waals surface area contributed by atoms with Crippen LogP contribution in [0, 0.1) is 0 Å². The zero-order chi connectivity index (χ0) is 14.6. The lowest BCUT2D eigenvalue weighted by Crippen LogP contribution is -2.41. The monoisotopic (exact) mass is 279 g/mol. The third-order valence-corrected chi connectivity index (χ3v) is 5.52. The summed E-state index contributed by atoms with van der Waals surface area (Å²) in [6, 6.07) is 7.98. The number of anilines is 1. The number of carboxylic acid groups (broad SMARTS) is 1. The van der Waals surface area contributed by atoms with Crippen molar-refractivity contribution in [3.63, 3.8) is 0 Å². The molecule has 1 unspecified atom stereocenters. The van der Waals surface area contributed by atoms with Crippen molar-refractivity contribution in [2.24, 2.45) is 0 Å². The van der Waals surface area contributed by atoms with Gasteiger partial charge in [0, 0.05) is 12.2 Å². The molecule has 0 spiro atoms. The molecule has 1 atom stereocenters. The van der Waals surface area contributed by atoms with Crippen LogP contribution in [0.15, 0.2) is 24.3 Å². The maximum absolute atomic E-state index is 11.3. The quantitative estimate of drug-likeness (QED) is 0.814. The van der Waals surface area contributed by atoms with Gasteiger partial charge < -0.3 is 10.0 Å². The fourth-order valence-electron chi connectivity index (χ4n) is 2.26. The molecule has 0 saturated heterocycles. The molecule has 0 radical (unpaired) electrons. The largest absolute Gasteiger partial charge is 0.480 e. The first-order chi connectivity index (χ1) is 8.81. The van der Waals surface area contributed by atoms with Gasteiger partial charge in [0.2, 0.25) is 0 Å². The standard InChI is InChI=1S/C15H25NO2Si/c1-6-14(15(17)18)16(7-2)12-8-10-13(11-9-12)19(3,4)5/h8-11,14H,6-7H2,1-5H3,(H,17,18). The van der Waals surface area contributed by atoms with Crippen LogP contribution < -0.4 is 10.1 Å². The molecule has 0 saturated carbocycles. The van der Waals surface area contributed by atoms with Gasteiger partial charge in [0.05, 0.1) is 8.07 Å². The number of rotatable bonds is 6. The van der Waals surface area contributed by atoms with Crippen LogP contribution >= 0.6 is 0 Å². The number of carboxylic acids is 1. The third-order valence-electron chi connectivity index (χ3n) is 3.45. The van der Waals surface area contributed by atoms with Crippen molar-refractivity contribution in [2.45, 2.75) is 46.0 Å². The smallest absolute Gasteiger partial charge is 0.326 e. The molecule has 0 heterocycles. The van der Waals surface area contributed by atoms with Crippen LogP contribution in [0.5, 0.6) is 0 Å². The van der Waals surface area contributed by atoms with Crippen LogP contribution in [-0.2, 0) is 4.79 Å². The van der Waals surface area contributed by atoms with Crippen molar-refractivity contribution in [1.29, 1.82) is 0 Å². The highest BCUT2D eigenvalue weighted by atomic mass is 28.3. The van der Waals surface area contributed by atoms with E-state index in [1.54, 1.807) is 0 Å². The molecule has 0 fully saturated rings. The second-order valence-electron chi connectivity index (χ2n) is 5.85. The van der Waals surface area contributed by atoms with Crippen LogP contribution in [-0.4, -0.2) is 31.7 Å². The highest BCUT2D eigenvalue weighted by Gasteiger charge is 2.23. The molecule has 0 aliphatic carbocycles. The Morgan fingerprint density at radius 3 is 2.05 bits per heavy atom. The Bertz CT molecular complexity index is 423. The molecule has 3 nitrogen and oxygen atoms in total. The van der Waals surface area contributed by atoms with Crippen molar-refractivity contribution in [3.8, 4) is 0 Å². The summed E-state index contributed by atoms with van der Waals surface area (Å²) in [5.41, 5.74) is 0.999. The summed E-state index contributed by atoms with van der Waals surface area (Å²) in [6.45, 7) is 11.6. The summed E-state index contributed by atoms with van der Waals surface area (Å²) in [4.78, 5) is 13.3. The van der Waals surface area contributed by atoms with Crippen molar-refractivity contribution >= 4 is 24.9 Å². The predicted molar refractivity (Wildman–Crippen MR) is 84.2 cm³/mol. The molecule has 0 aliphatic heterocycles.